The van der Waals surface area contributed by atoms with Crippen LogP contribution in [0, 0.1) is 0 Å². The number of nitrogens with one attached hydrogen (secondary N) is 1. The molecule has 0 radical (unpaired) electrons. The molecule has 0 heterocycles. The van der Waals surface area contributed by atoms with Crippen molar-refractivity contribution in [3.8, 4) is 5.75 Å². The van der Waals surface area contributed by atoms with Crippen LogP contribution in [-0.4, -0.2) is 60.3 Å². The third kappa shape index (κ3) is 9.42. The van der Waals surface area contributed by atoms with E-state index in [2.05, 4.69) is 17.4 Å². The minimum absolute atomic E-state index is 0.618. The molecule has 0 saturated heterocycles. The Bertz CT molecular complexity index is 360. The molecule has 120 valence electrons. The van der Waals surface area contributed by atoms with Crippen LogP contribution in [0.3, 0.4) is 0 Å². The molecule has 0 unspecified atom stereocenters. The molecule has 0 aliphatic rings. The third-order valence-corrected chi connectivity index (χ3v) is 2.95. The molecular weight excluding hydrogens is 270 g/mol. The Kier molecular flexibility index (Phi) is 10.7. The maximum absolute atomic E-state index is 5.45. The minimum Gasteiger partial charge on any atom is -0.497 e. The van der Waals surface area contributed by atoms with Crippen LogP contribution < -0.4 is 10.1 Å². The lowest BCUT2D eigenvalue weighted by atomic mass is 10.1. The molecule has 1 N–H and O–H groups in total. The second-order valence-corrected chi connectivity index (χ2v) is 4.57. The summed E-state index contributed by atoms with van der Waals surface area (Å²) in [6.07, 6.45) is 0.983. The Morgan fingerprint density at radius 2 is 1.67 bits per heavy atom. The second-order valence-electron chi connectivity index (χ2n) is 4.57. The maximum Gasteiger partial charge on any atom is 0.119 e. The SMILES string of the molecule is COCCOCCOCCNCCc1cccc(OC)c1. The average molecular weight is 297 g/mol. The Hall–Kier alpha value is -1.14. The summed E-state index contributed by atoms with van der Waals surface area (Å²) >= 11 is 0. The number of methoxy groups -OCH3 is 2. The lowest BCUT2D eigenvalue weighted by Crippen LogP contribution is -2.23. The van der Waals surface area contributed by atoms with Crippen LogP contribution in [0.4, 0.5) is 0 Å². The van der Waals surface area contributed by atoms with Crippen molar-refractivity contribution < 1.29 is 18.9 Å². The van der Waals surface area contributed by atoms with Crippen LogP contribution in [0.2, 0.25) is 0 Å². The van der Waals surface area contributed by atoms with E-state index >= 15 is 0 Å². The van der Waals surface area contributed by atoms with E-state index in [1.165, 1.54) is 5.56 Å². The lowest BCUT2D eigenvalue weighted by Gasteiger charge is -2.08. The molecule has 0 aliphatic heterocycles. The molecule has 5 nitrogen and oxygen atoms in total. The molecule has 0 bridgehead atoms. The Balaban J connectivity index is 1.90. The first-order valence-corrected chi connectivity index (χ1v) is 7.35. The summed E-state index contributed by atoms with van der Waals surface area (Å²) in [7, 11) is 3.35. The smallest absolute Gasteiger partial charge is 0.119 e. The largest absolute Gasteiger partial charge is 0.497 e. The highest BCUT2D eigenvalue weighted by Crippen LogP contribution is 2.12. The molecule has 1 aromatic carbocycles. The summed E-state index contributed by atoms with van der Waals surface area (Å²) in [6, 6.07) is 8.15. The highest BCUT2D eigenvalue weighted by Gasteiger charge is 1.96. The molecule has 0 aromatic heterocycles. The van der Waals surface area contributed by atoms with Crippen LogP contribution in [0.5, 0.6) is 5.75 Å². The molecule has 0 saturated carbocycles. The van der Waals surface area contributed by atoms with Crippen LogP contribution >= 0.6 is 0 Å². The van der Waals surface area contributed by atoms with Crippen LogP contribution in [0.25, 0.3) is 0 Å². The molecule has 0 spiro atoms. The molecule has 21 heavy (non-hydrogen) atoms. The Labute approximate surface area is 127 Å². The van der Waals surface area contributed by atoms with Gasteiger partial charge in [-0.25, -0.2) is 0 Å². The van der Waals surface area contributed by atoms with Gasteiger partial charge in [0.25, 0.3) is 0 Å². The molecule has 1 rings (SSSR count). The van der Waals surface area contributed by atoms with Gasteiger partial charge in [0.05, 0.1) is 40.1 Å². The van der Waals surface area contributed by atoms with Crippen molar-refractivity contribution in [2.24, 2.45) is 0 Å². The van der Waals surface area contributed by atoms with Crippen molar-refractivity contribution in [2.75, 3.05) is 60.3 Å². The third-order valence-electron chi connectivity index (χ3n) is 2.95. The van der Waals surface area contributed by atoms with Crippen LogP contribution in [0.15, 0.2) is 24.3 Å². The first-order valence-electron chi connectivity index (χ1n) is 7.35. The normalized spacial score (nSPS) is 10.8. The first kappa shape index (κ1) is 17.9. The van der Waals surface area contributed by atoms with E-state index in [0.29, 0.717) is 33.0 Å². The number of hydrogen-bond acceptors (Lipinski definition) is 5. The van der Waals surface area contributed by atoms with E-state index in [0.717, 1.165) is 25.3 Å². The standard InChI is InChI=1S/C16H27NO4/c1-18-10-11-21-13-12-20-9-8-17-7-6-15-4-3-5-16(14-15)19-2/h3-5,14,17H,6-13H2,1-2H3. The van der Waals surface area contributed by atoms with Crippen molar-refractivity contribution in [1.29, 1.82) is 0 Å². The van der Waals surface area contributed by atoms with Gasteiger partial charge in [0.15, 0.2) is 0 Å². The van der Waals surface area contributed by atoms with Gasteiger partial charge in [-0.15, -0.1) is 0 Å². The average Bonchev–Trinajstić information content (AvgIpc) is 2.53. The topological polar surface area (TPSA) is 49.0 Å². The van der Waals surface area contributed by atoms with Crippen molar-refractivity contribution in [3.05, 3.63) is 29.8 Å². The highest BCUT2D eigenvalue weighted by molar-refractivity contribution is 5.28. The fraction of sp³-hybridized carbons (Fsp3) is 0.625. The predicted molar refractivity (Wildman–Crippen MR) is 83.1 cm³/mol. The predicted octanol–water partition coefficient (Wildman–Crippen LogP) is 1.51. The summed E-state index contributed by atoms with van der Waals surface area (Å²) in [5, 5.41) is 3.36. The Morgan fingerprint density at radius 3 is 2.43 bits per heavy atom. The molecule has 5 heteroatoms. The molecular formula is C16H27NO4. The van der Waals surface area contributed by atoms with E-state index in [4.69, 9.17) is 18.9 Å². The van der Waals surface area contributed by atoms with E-state index in [1.807, 2.05) is 12.1 Å². The van der Waals surface area contributed by atoms with Gasteiger partial charge < -0.3 is 24.3 Å². The fourth-order valence-corrected chi connectivity index (χ4v) is 1.79. The number of ether oxygens (including phenoxy) is 4. The van der Waals surface area contributed by atoms with Crippen molar-refractivity contribution >= 4 is 0 Å². The minimum atomic E-state index is 0.618. The zero-order valence-electron chi connectivity index (χ0n) is 13.1. The second kappa shape index (κ2) is 12.6. The maximum atomic E-state index is 5.45. The van der Waals surface area contributed by atoms with Gasteiger partial charge in [-0.1, -0.05) is 12.1 Å². The van der Waals surface area contributed by atoms with Gasteiger partial charge in [0.1, 0.15) is 5.75 Å². The summed E-state index contributed by atoms with van der Waals surface area (Å²) in [5.74, 6) is 0.907. The molecule has 1 aromatic rings. The summed E-state index contributed by atoms with van der Waals surface area (Å²) in [5.41, 5.74) is 1.27. The van der Waals surface area contributed by atoms with E-state index in [9.17, 15) is 0 Å². The Morgan fingerprint density at radius 1 is 0.905 bits per heavy atom. The number of rotatable bonds is 13. The van der Waals surface area contributed by atoms with E-state index in [-0.39, 0.29) is 0 Å². The highest BCUT2D eigenvalue weighted by atomic mass is 16.5. The van der Waals surface area contributed by atoms with Crippen molar-refractivity contribution in [2.45, 2.75) is 6.42 Å². The van der Waals surface area contributed by atoms with E-state index in [1.54, 1.807) is 14.2 Å². The van der Waals surface area contributed by atoms with Crippen LogP contribution in [0.1, 0.15) is 5.56 Å². The van der Waals surface area contributed by atoms with Gasteiger partial charge in [-0.2, -0.15) is 0 Å². The van der Waals surface area contributed by atoms with Gasteiger partial charge in [-0.3, -0.25) is 0 Å². The molecule has 0 aliphatic carbocycles. The van der Waals surface area contributed by atoms with Gasteiger partial charge in [0.2, 0.25) is 0 Å². The van der Waals surface area contributed by atoms with Crippen molar-refractivity contribution in [1.82, 2.24) is 5.32 Å². The summed E-state index contributed by atoms with van der Waals surface area (Å²) in [4.78, 5) is 0. The van der Waals surface area contributed by atoms with Gasteiger partial charge in [-0.05, 0) is 30.7 Å². The number of hydrogen-bond donors (Lipinski definition) is 1. The quantitative estimate of drug-likeness (QED) is 0.559. The van der Waals surface area contributed by atoms with Gasteiger partial charge >= 0.3 is 0 Å². The van der Waals surface area contributed by atoms with Crippen LogP contribution in [-0.2, 0) is 20.6 Å². The van der Waals surface area contributed by atoms with Crippen molar-refractivity contribution in [3.63, 3.8) is 0 Å². The lowest BCUT2D eigenvalue weighted by molar-refractivity contribution is 0.0256. The zero-order valence-corrected chi connectivity index (χ0v) is 13.1. The first-order chi connectivity index (χ1) is 10.4. The molecule has 0 atom stereocenters. The summed E-state index contributed by atoms with van der Waals surface area (Å²) < 4.78 is 20.8. The summed E-state index contributed by atoms with van der Waals surface area (Å²) in [6.45, 7) is 4.98. The van der Waals surface area contributed by atoms with Gasteiger partial charge in [0, 0.05) is 13.7 Å². The molecule has 0 fully saturated rings. The zero-order chi connectivity index (χ0) is 15.2. The number of benzene rings is 1. The van der Waals surface area contributed by atoms with E-state index < -0.39 is 0 Å². The monoisotopic (exact) mass is 297 g/mol. The molecule has 0 amide bonds. The fourth-order valence-electron chi connectivity index (χ4n) is 1.79.